The lowest BCUT2D eigenvalue weighted by atomic mass is 10.2. The second-order valence-electron chi connectivity index (χ2n) is 7.88. The van der Waals surface area contributed by atoms with Crippen molar-refractivity contribution in [1.29, 1.82) is 0 Å². The van der Waals surface area contributed by atoms with E-state index < -0.39 is 10.0 Å². The summed E-state index contributed by atoms with van der Waals surface area (Å²) in [5, 5.41) is 2.81. The molecular weight excluding hydrogens is 472 g/mol. The Morgan fingerprint density at radius 2 is 1.82 bits per heavy atom. The first-order valence-electron chi connectivity index (χ1n) is 10.7. The van der Waals surface area contributed by atoms with Crippen molar-refractivity contribution in [3.63, 3.8) is 0 Å². The zero-order valence-corrected chi connectivity index (χ0v) is 20.8. The van der Waals surface area contributed by atoms with Crippen molar-refractivity contribution < 1.29 is 13.2 Å². The first kappa shape index (κ1) is 23.9. The van der Waals surface area contributed by atoms with Gasteiger partial charge in [-0.25, -0.2) is 23.1 Å². The predicted octanol–water partition coefficient (Wildman–Crippen LogP) is 2.91. The van der Waals surface area contributed by atoms with Crippen molar-refractivity contribution in [2.75, 3.05) is 12.3 Å². The quantitative estimate of drug-likeness (QED) is 0.342. The normalized spacial score (nSPS) is 11.7. The van der Waals surface area contributed by atoms with Gasteiger partial charge in [-0.1, -0.05) is 18.2 Å². The number of carbonyl (C=O) groups excluding carboxylic acids is 1. The molecular formula is C23H26N6O3S2. The first-order valence-corrected chi connectivity index (χ1v) is 13.0. The largest absolute Gasteiger partial charge is 0.382 e. The number of imidazole rings is 1. The van der Waals surface area contributed by atoms with Gasteiger partial charge in [0.1, 0.15) is 15.6 Å². The monoisotopic (exact) mass is 498 g/mol. The van der Waals surface area contributed by atoms with Gasteiger partial charge in [-0.05, 0) is 50.6 Å². The molecule has 34 heavy (non-hydrogen) atoms. The summed E-state index contributed by atoms with van der Waals surface area (Å²) in [6.45, 7) is 6.54. The van der Waals surface area contributed by atoms with Gasteiger partial charge in [0, 0.05) is 29.2 Å². The van der Waals surface area contributed by atoms with Crippen LogP contribution in [0.1, 0.15) is 32.3 Å². The predicted molar refractivity (Wildman–Crippen MR) is 133 cm³/mol. The van der Waals surface area contributed by atoms with Gasteiger partial charge in [-0.15, -0.1) is 11.3 Å². The van der Waals surface area contributed by atoms with Crippen LogP contribution in [-0.2, 0) is 23.1 Å². The van der Waals surface area contributed by atoms with Gasteiger partial charge >= 0.3 is 0 Å². The van der Waals surface area contributed by atoms with E-state index in [9.17, 15) is 13.2 Å². The Bertz CT molecular complexity index is 1460. The average molecular weight is 499 g/mol. The molecule has 0 saturated carbocycles. The number of rotatable bonds is 8. The molecule has 11 heteroatoms. The average Bonchev–Trinajstić information content (AvgIpc) is 3.42. The molecule has 1 amide bonds. The highest BCUT2D eigenvalue weighted by Crippen LogP contribution is 2.26. The highest BCUT2D eigenvalue weighted by molar-refractivity contribution is 7.91. The highest BCUT2D eigenvalue weighted by atomic mass is 32.2. The van der Waals surface area contributed by atoms with Gasteiger partial charge in [-0.2, -0.15) is 0 Å². The van der Waals surface area contributed by atoms with Crippen LogP contribution in [0.15, 0.2) is 46.7 Å². The van der Waals surface area contributed by atoms with E-state index >= 15 is 0 Å². The molecule has 0 radical (unpaired) electrons. The fourth-order valence-electron chi connectivity index (χ4n) is 3.71. The van der Waals surface area contributed by atoms with Crippen molar-refractivity contribution in [1.82, 2.24) is 24.6 Å². The second kappa shape index (κ2) is 9.53. The van der Waals surface area contributed by atoms with E-state index in [-0.39, 0.29) is 23.2 Å². The molecule has 0 fully saturated rings. The Kier molecular flexibility index (Phi) is 6.69. The molecule has 3 heterocycles. The van der Waals surface area contributed by atoms with Crippen LogP contribution in [0.2, 0.25) is 0 Å². The van der Waals surface area contributed by atoms with Crippen LogP contribution >= 0.6 is 11.3 Å². The lowest BCUT2D eigenvalue weighted by Crippen LogP contribution is -2.27. The van der Waals surface area contributed by atoms with Gasteiger partial charge in [0.15, 0.2) is 5.82 Å². The molecule has 3 aromatic heterocycles. The maximum Gasteiger partial charge on any atom is 0.251 e. The highest BCUT2D eigenvalue weighted by Gasteiger charge is 2.19. The number of nitrogens with one attached hydrogen (secondary N) is 2. The molecule has 0 unspecified atom stereocenters. The Morgan fingerprint density at radius 1 is 1.09 bits per heavy atom. The second-order valence-corrected chi connectivity index (χ2v) is 11.0. The summed E-state index contributed by atoms with van der Waals surface area (Å²) in [6.07, 6.45) is 0. The number of fused-ring (bicyclic) bond motifs is 1. The third-order valence-electron chi connectivity index (χ3n) is 5.58. The number of pyridine rings is 1. The third kappa shape index (κ3) is 4.81. The summed E-state index contributed by atoms with van der Waals surface area (Å²) in [5.74, 6) is 0.899. The van der Waals surface area contributed by atoms with Gasteiger partial charge in [0.25, 0.3) is 5.91 Å². The molecule has 4 rings (SSSR count). The number of nitrogen functional groups attached to an aromatic ring is 1. The number of anilines is 1. The number of aryl methyl sites for hydroxylation is 3. The number of nitrogens with zero attached hydrogens (tertiary/aromatic N) is 3. The van der Waals surface area contributed by atoms with E-state index in [1.807, 2.05) is 31.4 Å². The minimum absolute atomic E-state index is 0.188. The number of nitrogens with two attached hydrogens (primary N) is 1. The van der Waals surface area contributed by atoms with E-state index in [0.717, 1.165) is 38.8 Å². The molecule has 9 nitrogen and oxygen atoms in total. The van der Waals surface area contributed by atoms with Crippen LogP contribution in [0.4, 0.5) is 5.82 Å². The minimum Gasteiger partial charge on any atom is -0.382 e. The van der Waals surface area contributed by atoms with Gasteiger partial charge in [-0.3, -0.25) is 4.79 Å². The number of hydrogen-bond acceptors (Lipinski definition) is 7. The van der Waals surface area contributed by atoms with Crippen LogP contribution in [0.5, 0.6) is 0 Å². The van der Waals surface area contributed by atoms with Gasteiger partial charge in [0.05, 0.1) is 12.1 Å². The Labute approximate surface area is 202 Å². The van der Waals surface area contributed by atoms with Crippen molar-refractivity contribution in [3.8, 4) is 0 Å². The molecule has 0 aliphatic carbocycles. The smallest absolute Gasteiger partial charge is 0.251 e. The fourth-order valence-corrected chi connectivity index (χ4v) is 6.07. The molecule has 0 bridgehead atoms. The van der Waals surface area contributed by atoms with E-state index in [1.165, 1.54) is 0 Å². The maximum atomic E-state index is 12.8. The summed E-state index contributed by atoms with van der Waals surface area (Å²) in [5.41, 5.74) is 9.87. The summed E-state index contributed by atoms with van der Waals surface area (Å²) in [4.78, 5) is 21.8. The van der Waals surface area contributed by atoms with Crippen molar-refractivity contribution in [3.05, 3.63) is 70.0 Å². The zero-order chi connectivity index (χ0) is 24.5. The number of carbonyl (C=O) groups is 1. The van der Waals surface area contributed by atoms with Crippen LogP contribution in [0, 0.1) is 20.8 Å². The number of thiophene rings is 1. The molecule has 4 aromatic rings. The lowest BCUT2D eigenvalue weighted by molar-refractivity contribution is 0.0951. The minimum atomic E-state index is -3.69. The van der Waals surface area contributed by atoms with Crippen molar-refractivity contribution >= 4 is 44.1 Å². The molecule has 1 aromatic carbocycles. The van der Waals surface area contributed by atoms with E-state index in [4.69, 9.17) is 5.73 Å². The Hall–Kier alpha value is -3.28. The molecule has 0 spiro atoms. The van der Waals surface area contributed by atoms with Gasteiger partial charge < -0.3 is 15.6 Å². The summed E-state index contributed by atoms with van der Waals surface area (Å²) in [7, 11) is -3.69. The maximum absolute atomic E-state index is 12.8. The fraction of sp³-hybridized carbons (Fsp3) is 0.261. The third-order valence-corrected chi connectivity index (χ3v) is 8.61. The Balaban J connectivity index is 1.41. The number of benzene rings is 1. The molecule has 0 atom stereocenters. The number of amides is 1. The molecule has 0 aliphatic rings. The van der Waals surface area contributed by atoms with E-state index in [0.29, 0.717) is 23.4 Å². The van der Waals surface area contributed by atoms with E-state index in [1.54, 1.807) is 36.4 Å². The molecule has 178 valence electrons. The van der Waals surface area contributed by atoms with Crippen molar-refractivity contribution in [2.24, 2.45) is 0 Å². The summed E-state index contributed by atoms with van der Waals surface area (Å²) < 4.78 is 30.4. The topological polar surface area (TPSA) is 132 Å². The zero-order valence-electron chi connectivity index (χ0n) is 19.1. The van der Waals surface area contributed by atoms with Crippen LogP contribution in [0.25, 0.3) is 11.0 Å². The Morgan fingerprint density at radius 3 is 2.56 bits per heavy atom. The molecule has 4 N–H and O–H groups in total. The van der Waals surface area contributed by atoms with Crippen LogP contribution in [-0.4, -0.2) is 35.4 Å². The van der Waals surface area contributed by atoms with Gasteiger partial charge in [0.2, 0.25) is 10.0 Å². The summed E-state index contributed by atoms with van der Waals surface area (Å²) >= 11 is 1.13. The lowest BCUT2D eigenvalue weighted by Gasteiger charge is -2.11. The summed E-state index contributed by atoms with van der Waals surface area (Å²) in [6, 6.07) is 12.1. The standard InChI is InChI=1S/C23H26N6O3S2/c1-14-15(2)27-22(24)20-21(14)29(16(3)28-20)12-11-26-34(31,32)19-10-9-18(33-19)13-25-23(30)17-7-5-4-6-8-17/h4-10,26H,11-13H2,1-3H3,(H2,24,27)(H,25,30). The molecule has 0 aliphatic heterocycles. The number of aromatic nitrogens is 3. The van der Waals surface area contributed by atoms with Crippen LogP contribution < -0.4 is 15.8 Å². The number of hydrogen-bond donors (Lipinski definition) is 3. The van der Waals surface area contributed by atoms with Crippen molar-refractivity contribution in [2.45, 2.75) is 38.1 Å². The molecule has 0 saturated heterocycles. The SMILES string of the molecule is Cc1nc(N)c2nc(C)n(CCNS(=O)(=O)c3ccc(CNC(=O)c4ccccc4)s3)c2c1C. The number of sulfonamides is 1. The van der Waals surface area contributed by atoms with E-state index in [2.05, 4.69) is 20.0 Å². The first-order chi connectivity index (χ1) is 16.2. The van der Waals surface area contributed by atoms with Crippen LogP contribution in [0.3, 0.4) is 0 Å².